The maximum atomic E-state index is 12.6. The van der Waals surface area contributed by atoms with Gasteiger partial charge in [0.1, 0.15) is 0 Å². The summed E-state index contributed by atoms with van der Waals surface area (Å²) in [6.07, 6.45) is 1.08. The second-order valence-corrected chi connectivity index (χ2v) is 8.61. The van der Waals surface area contributed by atoms with Crippen molar-refractivity contribution >= 4 is 21.7 Å². The monoisotopic (exact) mass is 378 g/mol. The fraction of sp³-hybridized carbons (Fsp3) is 0.500. The number of nitrogens with zero attached hydrogens (tertiary/aromatic N) is 2. The van der Waals surface area contributed by atoms with Crippen molar-refractivity contribution in [3.05, 3.63) is 35.4 Å². The highest BCUT2D eigenvalue weighted by atomic mass is 32.2. The summed E-state index contributed by atoms with van der Waals surface area (Å²) in [5, 5.41) is 8.76. The van der Waals surface area contributed by atoms with E-state index in [0.717, 1.165) is 0 Å². The van der Waals surface area contributed by atoms with Crippen molar-refractivity contribution in [2.24, 2.45) is 0 Å². The van der Waals surface area contributed by atoms with Crippen molar-refractivity contribution in [2.75, 3.05) is 18.1 Å². The summed E-state index contributed by atoms with van der Waals surface area (Å²) in [6, 6.07) is 7.34. The third kappa shape index (κ3) is 4.82. The van der Waals surface area contributed by atoms with Gasteiger partial charge in [0.15, 0.2) is 16.4 Å². The van der Waals surface area contributed by atoms with Crippen LogP contribution in [-0.4, -0.2) is 55.4 Å². The van der Waals surface area contributed by atoms with Crippen molar-refractivity contribution in [3.8, 4) is 6.07 Å². The Bertz CT molecular complexity index is 811. The van der Waals surface area contributed by atoms with Crippen LogP contribution in [0.2, 0.25) is 0 Å². The Kier molecular flexibility index (Phi) is 6.37. The molecular weight excluding hydrogens is 356 g/mol. The Morgan fingerprint density at radius 3 is 2.50 bits per heavy atom. The van der Waals surface area contributed by atoms with Crippen LogP contribution >= 0.6 is 0 Å². The Morgan fingerprint density at radius 2 is 2.00 bits per heavy atom. The molecule has 26 heavy (non-hydrogen) atoms. The van der Waals surface area contributed by atoms with E-state index in [1.807, 2.05) is 19.9 Å². The third-order valence-electron chi connectivity index (χ3n) is 4.53. The number of nitriles is 1. The molecule has 1 aliphatic heterocycles. The van der Waals surface area contributed by atoms with Crippen LogP contribution in [0.3, 0.4) is 0 Å². The van der Waals surface area contributed by atoms with Gasteiger partial charge in [-0.2, -0.15) is 5.26 Å². The number of sulfone groups is 1. The van der Waals surface area contributed by atoms with Crippen molar-refractivity contribution in [2.45, 2.75) is 38.8 Å². The highest BCUT2D eigenvalue weighted by Gasteiger charge is 2.36. The van der Waals surface area contributed by atoms with E-state index in [9.17, 15) is 18.0 Å². The normalized spacial score (nSPS) is 19.3. The Hall–Kier alpha value is -2.40. The van der Waals surface area contributed by atoms with Crippen molar-refractivity contribution in [1.29, 1.82) is 5.26 Å². The minimum Gasteiger partial charge on any atom is -0.452 e. The largest absolute Gasteiger partial charge is 0.452 e. The van der Waals surface area contributed by atoms with Crippen LogP contribution in [0.1, 0.15) is 42.6 Å². The van der Waals surface area contributed by atoms with Crippen LogP contribution in [0.25, 0.3) is 0 Å². The zero-order valence-corrected chi connectivity index (χ0v) is 15.7. The molecule has 1 amide bonds. The van der Waals surface area contributed by atoms with E-state index in [2.05, 4.69) is 0 Å². The summed E-state index contributed by atoms with van der Waals surface area (Å²) in [6.45, 7) is 3.32. The van der Waals surface area contributed by atoms with Gasteiger partial charge in [-0.15, -0.1) is 0 Å². The number of benzene rings is 1. The maximum absolute atomic E-state index is 12.6. The highest BCUT2D eigenvalue weighted by molar-refractivity contribution is 7.91. The standard InChI is InChI=1S/C18H22N2O5S/c1-3-13(2)20(16-8-9-26(23,24)12-16)17(21)11-25-18(22)15-6-4-14(10-19)5-7-15/h4-7,13,16H,3,8-9,11-12H2,1-2H3/t13-,16+/m1/s1. The summed E-state index contributed by atoms with van der Waals surface area (Å²) in [5.74, 6) is -1.04. The van der Waals surface area contributed by atoms with Crippen molar-refractivity contribution in [3.63, 3.8) is 0 Å². The number of hydrogen-bond acceptors (Lipinski definition) is 6. The number of ether oxygens (including phenoxy) is 1. The Labute approximate surface area is 153 Å². The molecule has 0 aromatic heterocycles. The average molecular weight is 378 g/mol. The lowest BCUT2D eigenvalue weighted by atomic mass is 10.1. The molecule has 0 radical (unpaired) electrons. The Morgan fingerprint density at radius 1 is 1.35 bits per heavy atom. The van der Waals surface area contributed by atoms with Gasteiger partial charge in [-0.25, -0.2) is 13.2 Å². The fourth-order valence-electron chi connectivity index (χ4n) is 2.97. The Balaban J connectivity index is 2.02. The molecule has 0 unspecified atom stereocenters. The smallest absolute Gasteiger partial charge is 0.338 e. The molecule has 0 spiro atoms. The lowest BCUT2D eigenvalue weighted by Crippen LogP contribution is -2.48. The van der Waals surface area contributed by atoms with E-state index >= 15 is 0 Å². The van der Waals surface area contributed by atoms with Gasteiger partial charge in [-0.3, -0.25) is 4.79 Å². The van der Waals surface area contributed by atoms with Gasteiger partial charge in [-0.1, -0.05) is 6.92 Å². The van der Waals surface area contributed by atoms with Gasteiger partial charge in [0.05, 0.1) is 28.7 Å². The second kappa shape index (κ2) is 8.32. The molecule has 0 aliphatic carbocycles. The third-order valence-corrected chi connectivity index (χ3v) is 6.28. The molecule has 1 aliphatic rings. The van der Waals surface area contributed by atoms with Crippen LogP contribution in [0, 0.1) is 11.3 Å². The van der Waals surface area contributed by atoms with Gasteiger partial charge in [-0.05, 0) is 44.0 Å². The first-order valence-corrected chi connectivity index (χ1v) is 10.3. The summed E-state index contributed by atoms with van der Waals surface area (Å²) in [4.78, 5) is 26.2. The topological polar surface area (TPSA) is 105 Å². The van der Waals surface area contributed by atoms with Crippen LogP contribution in [0.5, 0.6) is 0 Å². The van der Waals surface area contributed by atoms with Crippen LogP contribution < -0.4 is 0 Å². The maximum Gasteiger partial charge on any atom is 0.338 e. The molecule has 1 aromatic rings. The first kappa shape index (κ1) is 19.9. The molecule has 1 aromatic carbocycles. The summed E-state index contributed by atoms with van der Waals surface area (Å²) >= 11 is 0. The molecular formula is C18H22N2O5S. The molecule has 0 N–H and O–H groups in total. The van der Waals surface area contributed by atoms with Gasteiger partial charge in [0.25, 0.3) is 5.91 Å². The first-order chi connectivity index (χ1) is 12.3. The van der Waals surface area contributed by atoms with Gasteiger partial charge in [0.2, 0.25) is 0 Å². The van der Waals surface area contributed by atoms with Crippen molar-refractivity contribution < 1.29 is 22.7 Å². The minimum absolute atomic E-state index is 0.0490. The molecule has 1 heterocycles. The van der Waals surface area contributed by atoms with E-state index < -0.39 is 28.3 Å². The number of carbonyl (C=O) groups excluding carboxylic acids is 2. The predicted molar refractivity (Wildman–Crippen MR) is 95.1 cm³/mol. The average Bonchev–Trinajstić information content (AvgIpc) is 2.99. The zero-order valence-electron chi connectivity index (χ0n) is 14.8. The lowest BCUT2D eigenvalue weighted by Gasteiger charge is -2.33. The first-order valence-electron chi connectivity index (χ1n) is 8.46. The van der Waals surface area contributed by atoms with E-state index in [1.54, 1.807) is 0 Å². The van der Waals surface area contributed by atoms with E-state index in [4.69, 9.17) is 10.00 Å². The molecule has 0 saturated carbocycles. The number of rotatable bonds is 6. The number of hydrogen-bond donors (Lipinski definition) is 0. The second-order valence-electron chi connectivity index (χ2n) is 6.38. The predicted octanol–water partition coefficient (Wildman–Crippen LogP) is 1.53. The number of carbonyl (C=O) groups is 2. The molecule has 140 valence electrons. The summed E-state index contributed by atoms with van der Waals surface area (Å²) < 4.78 is 28.6. The van der Waals surface area contributed by atoms with Gasteiger partial charge >= 0.3 is 5.97 Å². The molecule has 7 nitrogen and oxygen atoms in total. The van der Waals surface area contributed by atoms with E-state index in [-0.39, 0.29) is 29.2 Å². The molecule has 2 atom stereocenters. The van der Waals surface area contributed by atoms with Crippen LogP contribution in [0.15, 0.2) is 24.3 Å². The number of amides is 1. The van der Waals surface area contributed by atoms with E-state index in [1.165, 1.54) is 29.2 Å². The molecule has 1 saturated heterocycles. The van der Waals surface area contributed by atoms with Gasteiger partial charge in [0, 0.05) is 12.1 Å². The molecule has 0 bridgehead atoms. The van der Waals surface area contributed by atoms with Crippen LogP contribution in [0.4, 0.5) is 0 Å². The quantitative estimate of drug-likeness (QED) is 0.695. The summed E-state index contributed by atoms with van der Waals surface area (Å²) in [5.41, 5.74) is 0.665. The molecule has 2 rings (SSSR count). The van der Waals surface area contributed by atoms with Crippen LogP contribution in [-0.2, 0) is 19.4 Å². The lowest BCUT2D eigenvalue weighted by molar-refractivity contribution is -0.138. The highest BCUT2D eigenvalue weighted by Crippen LogP contribution is 2.21. The fourth-order valence-corrected chi connectivity index (χ4v) is 4.68. The molecule has 8 heteroatoms. The number of esters is 1. The SMILES string of the molecule is CC[C@@H](C)N(C(=O)COC(=O)c1ccc(C#N)cc1)[C@H]1CCS(=O)(=O)C1. The van der Waals surface area contributed by atoms with Gasteiger partial charge < -0.3 is 9.64 Å². The van der Waals surface area contributed by atoms with Crippen molar-refractivity contribution in [1.82, 2.24) is 4.90 Å². The van der Waals surface area contributed by atoms with E-state index in [0.29, 0.717) is 18.4 Å². The minimum atomic E-state index is -3.12. The zero-order chi connectivity index (χ0) is 19.3. The molecule has 1 fully saturated rings. The summed E-state index contributed by atoms with van der Waals surface area (Å²) in [7, 11) is -3.12.